The van der Waals surface area contributed by atoms with Crippen LogP contribution in [0.2, 0.25) is 0 Å². The Morgan fingerprint density at radius 1 is 1.35 bits per heavy atom. The van der Waals surface area contributed by atoms with Crippen LogP contribution in [0, 0.1) is 0 Å². The lowest BCUT2D eigenvalue weighted by atomic mass is 10.2. The predicted octanol–water partition coefficient (Wildman–Crippen LogP) is 0.313. The molecule has 86 valence electrons. The van der Waals surface area contributed by atoms with E-state index in [4.69, 9.17) is 5.73 Å². The van der Waals surface area contributed by atoms with Gasteiger partial charge in [-0.1, -0.05) is 0 Å². The first-order valence-corrected chi connectivity index (χ1v) is 5.41. The number of hydrogen-bond acceptors (Lipinski definition) is 4. The molecular formula is C11H11N5O. The maximum atomic E-state index is 11.4. The molecule has 0 spiro atoms. The van der Waals surface area contributed by atoms with Crippen LogP contribution in [0.1, 0.15) is 18.3 Å². The van der Waals surface area contributed by atoms with E-state index in [1.54, 1.807) is 12.4 Å². The van der Waals surface area contributed by atoms with Crippen LogP contribution in [-0.4, -0.2) is 25.7 Å². The minimum absolute atomic E-state index is 0.330. The van der Waals surface area contributed by atoms with Crippen molar-refractivity contribution in [2.45, 2.75) is 18.9 Å². The topological polar surface area (TPSA) is 86.7 Å². The Kier molecular flexibility index (Phi) is 2.14. The first kappa shape index (κ1) is 9.95. The van der Waals surface area contributed by atoms with Crippen LogP contribution in [0.15, 0.2) is 24.5 Å². The number of fused-ring (bicyclic) bond motifs is 1. The normalized spacial score (nSPS) is 18.0. The summed E-state index contributed by atoms with van der Waals surface area (Å²) in [4.78, 5) is 15.3. The minimum atomic E-state index is -0.334. The molecular weight excluding hydrogens is 218 g/mol. The number of hydrogen-bond donors (Lipinski definition) is 1. The highest BCUT2D eigenvalue weighted by Crippen LogP contribution is 2.30. The van der Waals surface area contributed by atoms with E-state index in [-0.39, 0.29) is 11.9 Å². The van der Waals surface area contributed by atoms with Gasteiger partial charge in [-0.05, 0) is 18.6 Å². The Bertz CT molecular complexity index is 562. The molecule has 1 aliphatic rings. The van der Waals surface area contributed by atoms with Crippen LogP contribution in [0.4, 0.5) is 0 Å². The first-order valence-electron chi connectivity index (χ1n) is 5.41. The van der Waals surface area contributed by atoms with Gasteiger partial charge in [0.25, 0.3) is 0 Å². The third kappa shape index (κ3) is 1.49. The summed E-state index contributed by atoms with van der Waals surface area (Å²) < 4.78 is 1.83. The Hall–Kier alpha value is -2.24. The zero-order valence-electron chi connectivity index (χ0n) is 9.08. The molecule has 0 fully saturated rings. The number of pyridine rings is 1. The van der Waals surface area contributed by atoms with Gasteiger partial charge in [0.1, 0.15) is 11.9 Å². The lowest BCUT2D eigenvalue weighted by Crippen LogP contribution is -2.24. The maximum absolute atomic E-state index is 11.4. The molecule has 0 saturated carbocycles. The van der Waals surface area contributed by atoms with E-state index < -0.39 is 0 Å². The number of amides is 1. The van der Waals surface area contributed by atoms with Gasteiger partial charge in [-0.3, -0.25) is 14.3 Å². The van der Waals surface area contributed by atoms with Crippen LogP contribution in [-0.2, 0) is 11.2 Å². The van der Waals surface area contributed by atoms with E-state index in [9.17, 15) is 4.79 Å². The second-order valence-electron chi connectivity index (χ2n) is 4.00. The molecule has 3 rings (SSSR count). The molecule has 0 aliphatic carbocycles. The lowest BCUT2D eigenvalue weighted by Gasteiger charge is -2.11. The molecule has 1 amide bonds. The molecule has 17 heavy (non-hydrogen) atoms. The molecule has 2 N–H and O–H groups in total. The Labute approximate surface area is 97.5 Å². The monoisotopic (exact) mass is 229 g/mol. The largest absolute Gasteiger partial charge is 0.368 e. The van der Waals surface area contributed by atoms with Gasteiger partial charge < -0.3 is 5.73 Å². The minimum Gasteiger partial charge on any atom is -0.368 e. The van der Waals surface area contributed by atoms with Gasteiger partial charge >= 0.3 is 0 Å². The van der Waals surface area contributed by atoms with Crippen molar-refractivity contribution in [1.29, 1.82) is 0 Å². The number of aromatic nitrogens is 4. The van der Waals surface area contributed by atoms with E-state index in [0.717, 1.165) is 17.8 Å². The fourth-order valence-electron chi connectivity index (χ4n) is 2.18. The zero-order valence-corrected chi connectivity index (χ0v) is 9.08. The quantitative estimate of drug-likeness (QED) is 0.803. The molecule has 2 aromatic rings. The number of aryl methyl sites for hydroxylation is 1. The smallest absolute Gasteiger partial charge is 0.240 e. The fourth-order valence-corrected chi connectivity index (χ4v) is 2.18. The summed E-state index contributed by atoms with van der Waals surface area (Å²) in [5.74, 6) is 1.17. The summed E-state index contributed by atoms with van der Waals surface area (Å²) in [6.45, 7) is 0. The summed E-state index contributed by atoms with van der Waals surface area (Å²) in [7, 11) is 0. The lowest BCUT2D eigenvalue weighted by molar-refractivity contribution is -0.120. The molecule has 1 unspecified atom stereocenters. The van der Waals surface area contributed by atoms with Crippen LogP contribution in [0.5, 0.6) is 0 Å². The van der Waals surface area contributed by atoms with Crippen LogP contribution < -0.4 is 5.73 Å². The Balaban J connectivity index is 2.12. The fraction of sp³-hybridized carbons (Fsp3) is 0.273. The van der Waals surface area contributed by atoms with Gasteiger partial charge in [0.05, 0.1) is 0 Å². The third-order valence-electron chi connectivity index (χ3n) is 2.99. The number of primary amides is 1. The van der Waals surface area contributed by atoms with Gasteiger partial charge in [-0.15, -0.1) is 10.2 Å². The van der Waals surface area contributed by atoms with Crippen molar-refractivity contribution in [3.63, 3.8) is 0 Å². The molecule has 6 nitrogen and oxygen atoms in total. The molecule has 0 bridgehead atoms. The van der Waals surface area contributed by atoms with E-state index in [1.165, 1.54) is 0 Å². The number of nitrogens with zero attached hydrogens (tertiary/aromatic N) is 4. The number of carbonyl (C=O) groups is 1. The van der Waals surface area contributed by atoms with E-state index in [2.05, 4.69) is 15.2 Å². The third-order valence-corrected chi connectivity index (χ3v) is 2.99. The molecule has 0 saturated heterocycles. The van der Waals surface area contributed by atoms with Gasteiger partial charge in [0.2, 0.25) is 5.91 Å². The summed E-state index contributed by atoms with van der Waals surface area (Å²) in [6.07, 6.45) is 4.82. The van der Waals surface area contributed by atoms with Gasteiger partial charge in [-0.25, -0.2) is 0 Å². The standard InChI is InChI=1S/C11H11N5O/c12-10(17)8-1-2-9-14-15-11(16(8)9)7-3-5-13-6-4-7/h3-6,8H,1-2H2,(H2,12,17). The average Bonchev–Trinajstić information content (AvgIpc) is 2.90. The van der Waals surface area contributed by atoms with E-state index in [0.29, 0.717) is 12.2 Å². The highest BCUT2D eigenvalue weighted by Gasteiger charge is 2.31. The molecule has 2 aromatic heterocycles. The number of carbonyl (C=O) groups excluding carboxylic acids is 1. The van der Waals surface area contributed by atoms with Crippen LogP contribution in [0.25, 0.3) is 11.4 Å². The first-order chi connectivity index (χ1) is 8.27. The Morgan fingerprint density at radius 2 is 2.12 bits per heavy atom. The number of rotatable bonds is 2. The Morgan fingerprint density at radius 3 is 2.82 bits per heavy atom. The van der Waals surface area contributed by atoms with Crippen molar-refractivity contribution >= 4 is 5.91 Å². The molecule has 3 heterocycles. The summed E-state index contributed by atoms with van der Waals surface area (Å²) in [5, 5.41) is 8.21. The van der Waals surface area contributed by atoms with Crippen LogP contribution in [0.3, 0.4) is 0 Å². The van der Waals surface area contributed by atoms with Crippen molar-refractivity contribution in [3.05, 3.63) is 30.4 Å². The van der Waals surface area contributed by atoms with Crippen molar-refractivity contribution < 1.29 is 4.79 Å². The second-order valence-corrected chi connectivity index (χ2v) is 4.00. The summed E-state index contributed by atoms with van der Waals surface area (Å²) in [6, 6.07) is 3.35. The van der Waals surface area contributed by atoms with Crippen LogP contribution >= 0.6 is 0 Å². The predicted molar refractivity (Wildman–Crippen MR) is 59.8 cm³/mol. The summed E-state index contributed by atoms with van der Waals surface area (Å²) in [5.41, 5.74) is 6.29. The SMILES string of the molecule is NC(=O)C1CCc2nnc(-c3ccncc3)n21. The van der Waals surface area contributed by atoms with Crippen molar-refractivity contribution in [2.75, 3.05) is 0 Å². The van der Waals surface area contributed by atoms with Gasteiger partial charge in [0, 0.05) is 24.4 Å². The van der Waals surface area contributed by atoms with Gasteiger partial charge in [0.15, 0.2) is 5.82 Å². The van der Waals surface area contributed by atoms with Crippen molar-refractivity contribution in [2.24, 2.45) is 5.73 Å². The molecule has 1 atom stereocenters. The highest BCUT2D eigenvalue weighted by molar-refractivity contribution is 5.79. The zero-order chi connectivity index (χ0) is 11.8. The molecule has 1 aliphatic heterocycles. The molecule has 6 heteroatoms. The summed E-state index contributed by atoms with van der Waals surface area (Å²) >= 11 is 0. The average molecular weight is 229 g/mol. The molecule has 0 aromatic carbocycles. The van der Waals surface area contributed by atoms with E-state index >= 15 is 0 Å². The highest BCUT2D eigenvalue weighted by atomic mass is 16.1. The van der Waals surface area contributed by atoms with Gasteiger partial charge in [-0.2, -0.15) is 0 Å². The van der Waals surface area contributed by atoms with E-state index in [1.807, 2.05) is 16.7 Å². The maximum Gasteiger partial charge on any atom is 0.240 e. The number of nitrogens with two attached hydrogens (primary N) is 1. The van der Waals surface area contributed by atoms with Crippen molar-refractivity contribution in [1.82, 2.24) is 19.7 Å². The van der Waals surface area contributed by atoms with Crippen molar-refractivity contribution in [3.8, 4) is 11.4 Å². The molecule has 0 radical (unpaired) electrons. The second kappa shape index (κ2) is 3.65.